The molecule has 1 aliphatic heterocycles. The number of hydrogen-bond acceptors (Lipinski definition) is 5. The van der Waals surface area contributed by atoms with Gasteiger partial charge in [0.05, 0.1) is 21.9 Å². The third kappa shape index (κ3) is 2.33. The van der Waals surface area contributed by atoms with E-state index in [1.807, 2.05) is 0 Å². The smallest absolute Gasteiger partial charge is 0.315 e. The van der Waals surface area contributed by atoms with Gasteiger partial charge in [-0.15, -0.1) is 0 Å². The number of non-ortho nitro benzene ring substituents is 1. The lowest BCUT2D eigenvalue weighted by molar-refractivity contribution is -0.384. The molecule has 8 heteroatoms. The first-order valence-corrected chi connectivity index (χ1v) is 6.71. The fourth-order valence-electron chi connectivity index (χ4n) is 2.71. The van der Waals surface area contributed by atoms with Crippen LogP contribution in [0.25, 0.3) is 10.9 Å². The second-order valence-corrected chi connectivity index (χ2v) is 5.09. The highest BCUT2D eigenvalue weighted by atomic mass is 16.6. The van der Waals surface area contributed by atoms with Crippen molar-refractivity contribution in [1.29, 1.82) is 0 Å². The van der Waals surface area contributed by atoms with E-state index < -0.39 is 16.2 Å². The summed E-state index contributed by atoms with van der Waals surface area (Å²) in [6.45, 7) is 1.41. The van der Waals surface area contributed by atoms with E-state index >= 15 is 0 Å². The Balaban J connectivity index is 2.23. The van der Waals surface area contributed by atoms with Crippen molar-refractivity contribution in [2.24, 2.45) is 0 Å². The van der Waals surface area contributed by atoms with Crippen LogP contribution in [0, 0.1) is 10.1 Å². The Bertz CT molecular complexity index is 817. The molecule has 1 fully saturated rings. The largest absolute Gasteiger partial charge is 0.329 e. The summed E-state index contributed by atoms with van der Waals surface area (Å²) in [6, 6.07) is 3.64. The van der Waals surface area contributed by atoms with Crippen molar-refractivity contribution in [1.82, 2.24) is 14.9 Å². The Morgan fingerprint density at radius 3 is 2.81 bits per heavy atom. The van der Waals surface area contributed by atoms with Gasteiger partial charge >= 0.3 is 5.69 Å². The van der Waals surface area contributed by atoms with Crippen LogP contribution in [0.4, 0.5) is 5.69 Å². The predicted octanol–water partition coefficient (Wildman–Crippen LogP) is 0.522. The van der Waals surface area contributed by atoms with Crippen molar-refractivity contribution in [2.45, 2.75) is 18.9 Å². The number of nitrogens with zero attached hydrogens (tertiary/aromatic N) is 2. The number of benzene rings is 1. The standard InChI is InChI=1S/C13H14N4O4/c18-12-10-6-8(17(20)21)3-4-11(10)15-13(19)16(12)9-2-1-5-14-7-9/h3-4,6,9,14H,1-2,5,7H2,(H,15,19). The second-order valence-electron chi connectivity index (χ2n) is 5.09. The van der Waals surface area contributed by atoms with Gasteiger partial charge in [-0.1, -0.05) is 0 Å². The third-order valence-corrected chi connectivity index (χ3v) is 3.76. The van der Waals surface area contributed by atoms with Gasteiger partial charge in [0.15, 0.2) is 0 Å². The Morgan fingerprint density at radius 2 is 2.14 bits per heavy atom. The van der Waals surface area contributed by atoms with Gasteiger partial charge in [-0.25, -0.2) is 4.79 Å². The molecular formula is C13H14N4O4. The molecule has 3 rings (SSSR count). The molecular weight excluding hydrogens is 276 g/mol. The minimum Gasteiger partial charge on any atom is -0.315 e. The fraction of sp³-hybridized carbons (Fsp3) is 0.385. The number of nitrogens with one attached hydrogen (secondary N) is 2. The van der Waals surface area contributed by atoms with Crippen LogP contribution < -0.4 is 16.6 Å². The van der Waals surface area contributed by atoms with Crippen molar-refractivity contribution in [3.05, 3.63) is 49.2 Å². The molecule has 0 amide bonds. The molecule has 110 valence electrons. The average Bonchev–Trinajstić information content (AvgIpc) is 2.48. The van der Waals surface area contributed by atoms with E-state index in [2.05, 4.69) is 10.3 Å². The Kier molecular flexibility index (Phi) is 3.30. The molecule has 1 aromatic carbocycles. The van der Waals surface area contributed by atoms with E-state index in [9.17, 15) is 19.7 Å². The molecule has 8 nitrogen and oxygen atoms in total. The van der Waals surface area contributed by atoms with Crippen LogP contribution in [0.5, 0.6) is 0 Å². The topological polar surface area (TPSA) is 110 Å². The van der Waals surface area contributed by atoms with Crippen molar-refractivity contribution in [2.75, 3.05) is 13.1 Å². The zero-order valence-corrected chi connectivity index (χ0v) is 11.2. The van der Waals surface area contributed by atoms with Crippen LogP contribution >= 0.6 is 0 Å². The van der Waals surface area contributed by atoms with Crippen molar-refractivity contribution >= 4 is 16.6 Å². The highest BCUT2D eigenvalue weighted by Gasteiger charge is 2.20. The van der Waals surface area contributed by atoms with Gasteiger partial charge < -0.3 is 10.3 Å². The quantitative estimate of drug-likeness (QED) is 0.619. The van der Waals surface area contributed by atoms with Gasteiger partial charge in [-0.3, -0.25) is 19.5 Å². The molecule has 1 aromatic heterocycles. The minimum absolute atomic E-state index is 0.161. The summed E-state index contributed by atoms with van der Waals surface area (Å²) < 4.78 is 1.16. The Labute approximate surface area is 118 Å². The summed E-state index contributed by atoms with van der Waals surface area (Å²) in [6.07, 6.45) is 1.61. The summed E-state index contributed by atoms with van der Waals surface area (Å²) in [5.41, 5.74) is -0.809. The zero-order valence-electron chi connectivity index (χ0n) is 11.2. The van der Waals surface area contributed by atoms with E-state index in [4.69, 9.17) is 0 Å². The second kappa shape index (κ2) is 5.13. The molecule has 2 N–H and O–H groups in total. The maximum absolute atomic E-state index is 12.5. The molecule has 0 spiro atoms. The number of nitro groups is 1. The molecule has 1 saturated heterocycles. The van der Waals surface area contributed by atoms with Crippen molar-refractivity contribution in [3.8, 4) is 0 Å². The molecule has 1 unspecified atom stereocenters. The lowest BCUT2D eigenvalue weighted by Gasteiger charge is -2.24. The highest BCUT2D eigenvalue weighted by Crippen LogP contribution is 2.17. The number of aromatic amines is 1. The van der Waals surface area contributed by atoms with Crippen LogP contribution in [-0.4, -0.2) is 27.6 Å². The SMILES string of the molecule is O=c1[nH]c2ccc([N+](=O)[O-])cc2c(=O)n1C1CCCNC1. The van der Waals surface area contributed by atoms with E-state index in [0.717, 1.165) is 24.0 Å². The molecule has 2 aromatic rings. The number of fused-ring (bicyclic) bond motifs is 1. The molecule has 0 aliphatic carbocycles. The maximum atomic E-state index is 12.5. The van der Waals surface area contributed by atoms with Gasteiger partial charge in [0.2, 0.25) is 0 Å². The molecule has 0 saturated carbocycles. The minimum atomic E-state index is -0.559. The molecule has 2 heterocycles. The van der Waals surface area contributed by atoms with Gasteiger partial charge in [-0.2, -0.15) is 0 Å². The number of nitro benzene ring substituents is 1. The van der Waals surface area contributed by atoms with Gasteiger partial charge in [0.25, 0.3) is 11.2 Å². The number of piperidine rings is 1. The zero-order chi connectivity index (χ0) is 15.0. The number of H-pyrrole nitrogens is 1. The van der Waals surface area contributed by atoms with E-state index in [1.54, 1.807) is 0 Å². The summed E-state index contributed by atoms with van der Waals surface area (Å²) >= 11 is 0. The number of aromatic nitrogens is 2. The normalized spacial score (nSPS) is 18.8. The van der Waals surface area contributed by atoms with Crippen LogP contribution in [0.1, 0.15) is 18.9 Å². The Hall–Kier alpha value is -2.48. The predicted molar refractivity (Wildman–Crippen MR) is 76.6 cm³/mol. The molecule has 21 heavy (non-hydrogen) atoms. The van der Waals surface area contributed by atoms with Crippen molar-refractivity contribution < 1.29 is 4.92 Å². The van der Waals surface area contributed by atoms with E-state index in [0.29, 0.717) is 12.1 Å². The molecule has 1 atom stereocenters. The molecule has 1 aliphatic rings. The molecule has 0 bridgehead atoms. The van der Waals surface area contributed by atoms with Crippen LogP contribution in [0.3, 0.4) is 0 Å². The van der Waals surface area contributed by atoms with Gasteiger partial charge in [0.1, 0.15) is 0 Å². The van der Waals surface area contributed by atoms with Gasteiger partial charge in [-0.05, 0) is 25.5 Å². The monoisotopic (exact) mass is 290 g/mol. The van der Waals surface area contributed by atoms with E-state index in [1.165, 1.54) is 18.2 Å². The lowest BCUT2D eigenvalue weighted by atomic mass is 10.1. The first-order chi connectivity index (χ1) is 10.1. The summed E-state index contributed by atoms with van der Waals surface area (Å²) in [7, 11) is 0. The maximum Gasteiger partial charge on any atom is 0.329 e. The fourth-order valence-corrected chi connectivity index (χ4v) is 2.71. The summed E-state index contributed by atoms with van der Waals surface area (Å²) in [5.74, 6) is 0. The van der Waals surface area contributed by atoms with Crippen LogP contribution in [0.15, 0.2) is 27.8 Å². The number of rotatable bonds is 2. The van der Waals surface area contributed by atoms with Gasteiger partial charge in [0, 0.05) is 18.7 Å². The van der Waals surface area contributed by atoms with Crippen LogP contribution in [0.2, 0.25) is 0 Å². The highest BCUT2D eigenvalue weighted by molar-refractivity contribution is 5.79. The van der Waals surface area contributed by atoms with Crippen molar-refractivity contribution in [3.63, 3.8) is 0 Å². The first-order valence-electron chi connectivity index (χ1n) is 6.71. The average molecular weight is 290 g/mol. The Morgan fingerprint density at radius 1 is 1.33 bits per heavy atom. The van der Waals surface area contributed by atoms with E-state index in [-0.39, 0.29) is 17.1 Å². The summed E-state index contributed by atoms with van der Waals surface area (Å²) in [5, 5.41) is 14.1. The number of hydrogen-bond donors (Lipinski definition) is 2. The lowest BCUT2D eigenvalue weighted by Crippen LogP contribution is -2.43. The molecule has 0 radical (unpaired) electrons. The third-order valence-electron chi connectivity index (χ3n) is 3.76. The summed E-state index contributed by atoms with van der Waals surface area (Å²) in [4.78, 5) is 37.5. The van der Waals surface area contributed by atoms with Crippen LogP contribution in [-0.2, 0) is 0 Å². The first kappa shape index (κ1) is 13.5.